The SMILES string of the molecule is CCNC(=NCc1ccc(COCC(F)(F)F)cc1)NCC(=O)NCc1ccco1. The Bertz CT molecular complexity index is 791. The lowest BCUT2D eigenvalue weighted by Gasteiger charge is -2.11. The summed E-state index contributed by atoms with van der Waals surface area (Å²) in [5.41, 5.74) is 1.51. The van der Waals surface area contributed by atoms with Gasteiger partial charge in [0.15, 0.2) is 5.96 Å². The Balaban J connectivity index is 1.78. The molecule has 2 rings (SSSR count). The number of aliphatic imine (C=N–C) groups is 1. The molecule has 1 heterocycles. The lowest BCUT2D eigenvalue weighted by Crippen LogP contribution is -2.43. The summed E-state index contributed by atoms with van der Waals surface area (Å²) in [5.74, 6) is 0.930. The van der Waals surface area contributed by atoms with Gasteiger partial charge in [0, 0.05) is 6.54 Å². The van der Waals surface area contributed by atoms with Gasteiger partial charge in [-0.25, -0.2) is 4.99 Å². The third-order valence-electron chi connectivity index (χ3n) is 3.78. The molecule has 0 saturated heterocycles. The molecule has 10 heteroatoms. The van der Waals surface area contributed by atoms with Gasteiger partial charge < -0.3 is 25.1 Å². The molecule has 0 aliphatic heterocycles. The highest BCUT2D eigenvalue weighted by molar-refractivity contribution is 5.86. The fraction of sp³-hybridized carbons (Fsp3) is 0.400. The Labute approximate surface area is 172 Å². The first-order valence-corrected chi connectivity index (χ1v) is 9.39. The fourth-order valence-electron chi connectivity index (χ4n) is 2.36. The van der Waals surface area contributed by atoms with E-state index in [1.54, 1.807) is 36.4 Å². The van der Waals surface area contributed by atoms with E-state index in [0.29, 0.717) is 36.9 Å². The molecule has 30 heavy (non-hydrogen) atoms. The molecule has 7 nitrogen and oxygen atoms in total. The summed E-state index contributed by atoms with van der Waals surface area (Å²) >= 11 is 0. The number of guanidine groups is 1. The molecule has 1 aromatic carbocycles. The summed E-state index contributed by atoms with van der Waals surface area (Å²) in [6.07, 6.45) is -2.79. The van der Waals surface area contributed by atoms with E-state index in [1.807, 2.05) is 6.92 Å². The first-order chi connectivity index (χ1) is 14.4. The van der Waals surface area contributed by atoms with E-state index in [-0.39, 0.29) is 19.1 Å². The quantitative estimate of drug-likeness (QED) is 0.402. The minimum Gasteiger partial charge on any atom is -0.467 e. The molecule has 0 unspecified atom stereocenters. The zero-order chi connectivity index (χ0) is 21.8. The van der Waals surface area contributed by atoms with Crippen molar-refractivity contribution in [2.24, 2.45) is 4.99 Å². The number of alkyl halides is 3. The molecule has 0 atom stereocenters. The van der Waals surface area contributed by atoms with Crippen LogP contribution < -0.4 is 16.0 Å². The second-order valence-corrected chi connectivity index (χ2v) is 6.33. The van der Waals surface area contributed by atoms with E-state index in [9.17, 15) is 18.0 Å². The standard InChI is InChI=1S/C20H25F3N4O3/c1-2-24-19(27-12-18(28)25-11-17-4-3-9-30-17)26-10-15-5-7-16(8-6-15)13-29-14-20(21,22)23/h3-9H,2,10-14H2,1H3,(H,25,28)(H2,24,26,27). The topological polar surface area (TPSA) is 87.9 Å². The molecule has 0 aliphatic carbocycles. The summed E-state index contributed by atoms with van der Waals surface area (Å²) in [5, 5.41) is 8.72. The fourth-order valence-corrected chi connectivity index (χ4v) is 2.36. The van der Waals surface area contributed by atoms with Crippen LogP contribution in [0.5, 0.6) is 0 Å². The largest absolute Gasteiger partial charge is 0.467 e. The smallest absolute Gasteiger partial charge is 0.411 e. The Kier molecular flexibility index (Phi) is 9.20. The first-order valence-electron chi connectivity index (χ1n) is 9.39. The van der Waals surface area contributed by atoms with Gasteiger partial charge in [0.2, 0.25) is 5.91 Å². The number of amides is 1. The number of benzene rings is 1. The summed E-state index contributed by atoms with van der Waals surface area (Å²) in [6.45, 7) is 1.83. The van der Waals surface area contributed by atoms with Crippen LogP contribution in [0.25, 0.3) is 0 Å². The Morgan fingerprint density at radius 2 is 1.83 bits per heavy atom. The van der Waals surface area contributed by atoms with Crippen LogP contribution in [0.1, 0.15) is 23.8 Å². The number of halogens is 3. The van der Waals surface area contributed by atoms with Gasteiger partial charge >= 0.3 is 6.18 Å². The van der Waals surface area contributed by atoms with Gasteiger partial charge in [-0.15, -0.1) is 0 Å². The van der Waals surface area contributed by atoms with Crippen molar-refractivity contribution in [2.75, 3.05) is 19.7 Å². The molecule has 0 fully saturated rings. The molecule has 0 aliphatic rings. The molecular weight excluding hydrogens is 401 g/mol. The number of carbonyl (C=O) groups excluding carboxylic acids is 1. The van der Waals surface area contributed by atoms with Gasteiger partial charge in [-0.3, -0.25) is 4.79 Å². The maximum Gasteiger partial charge on any atom is 0.411 e. The third-order valence-corrected chi connectivity index (χ3v) is 3.78. The number of rotatable bonds is 10. The Morgan fingerprint density at radius 3 is 2.47 bits per heavy atom. The van der Waals surface area contributed by atoms with E-state index in [4.69, 9.17) is 4.42 Å². The van der Waals surface area contributed by atoms with E-state index < -0.39 is 12.8 Å². The van der Waals surface area contributed by atoms with E-state index in [0.717, 1.165) is 5.56 Å². The van der Waals surface area contributed by atoms with Crippen LogP contribution in [0, 0.1) is 0 Å². The number of furan rings is 1. The predicted molar refractivity (Wildman–Crippen MR) is 106 cm³/mol. The molecule has 0 radical (unpaired) electrons. The van der Waals surface area contributed by atoms with Crippen molar-refractivity contribution in [1.82, 2.24) is 16.0 Å². The molecule has 1 aromatic heterocycles. The Morgan fingerprint density at radius 1 is 1.10 bits per heavy atom. The van der Waals surface area contributed by atoms with Crippen LogP contribution in [0.3, 0.4) is 0 Å². The predicted octanol–water partition coefficient (Wildman–Crippen LogP) is 2.73. The van der Waals surface area contributed by atoms with Crippen molar-refractivity contribution in [2.45, 2.75) is 32.8 Å². The van der Waals surface area contributed by atoms with Crippen molar-refractivity contribution in [3.8, 4) is 0 Å². The van der Waals surface area contributed by atoms with Gasteiger partial charge in [-0.2, -0.15) is 13.2 Å². The monoisotopic (exact) mass is 426 g/mol. The maximum absolute atomic E-state index is 12.1. The second kappa shape index (κ2) is 11.9. The molecule has 2 aromatic rings. The Hall–Kier alpha value is -3.01. The van der Waals surface area contributed by atoms with Crippen molar-refractivity contribution >= 4 is 11.9 Å². The van der Waals surface area contributed by atoms with Crippen molar-refractivity contribution < 1.29 is 27.1 Å². The van der Waals surface area contributed by atoms with Crippen LogP contribution in [0.4, 0.5) is 13.2 Å². The maximum atomic E-state index is 12.1. The molecule has 1 amide bonds. The molecule has 0 bridgehead atoms. The number of hydrogen-bond acceptors (Lipinski definition) is 4. The number of carbonyl (C=O) groups is 1. The third kappa shape index (κ3) is 9.46. The zero-order valence-electron chi connectivity index (χ0n) is 16.6. The average molecular weight is 426 g/mol. The van der Waals surface area contributed by atoms with Gasteiger partial charge in [0.05, 0.1) is 32.5 Å². The van der Waals surface area contributed by atoms with Crippen LogP contribution in [-0.2, 0) is 29.2 Å². The summed E-state index contributed by atoms with van der Waals surface area (Å²) in [7, 11) is 0. The summed E-state index contributed by atoms with van der Waals surface area (Å²) in [4.78, 5) is 16.3. The van der Waals surface area contributed by atoms with Crippen molar-refractivity contribution in [3.05, 3.63) is 59.5 Å². The number of ether oxygens (including phenoxy) is 1. The van der Waals surface area contributed by atoms with Crippen molar-refractivity contribution in [1.29, 1.82) is 0 Å². The highest BCUT2D eigenvalue weighted by atomic mass is 19.4. The highest BCUT2D eigenvalue weighted by Crippen LogP contribution is 2.16. The first kappa shape index (κ1) is 23.3. The molecule has 164 valence electrons. The van der Waals surface area contributed by atoms with E-state index >= 15 is 0 Å². The van der Waals surface area contributed by atoms with Gasteiger partial charge in [0.1, 0.15) is 12.4 Å². The van der Waals surface area contributed by atoms with E-state index in [2.05, 4.69) is 25.7 Å². The van der Waals surface area contributed by atoms with E-state index in [1.165, 1.54) is 6.26 Å². The number of hydrogen-bond donors (Lipinski definition) is 3. The van der Waals surface area contributed by atoms with Crippen LogP contribution in [-0.4, -0.2) is 37.7 Å². The summed E-state index contributed by atoms with van der Waals surface area (Å²) in [6, 6.07) is 10.5. The lowest BCUT2D eigenvalue weighted by atomic mass is 10.1. The summed E-state index contributed by atoms with van der Waals surface area (Å²) < 4.78 is 46.1. The number of nitrogens with one attached hydrogen (secondary N) is 3. The highest BCUT2D eigenvalue weighted by Gasteiger charge is 2.27. The normalized spacial score (nSPS) is 11.9. The van der Waals surface area contributed by atoms with Gasteiger partial charge in [-0.1, -0.05) is 24.3 Å². The van der Waals surface area contributed by atoms with Gasteiger partial charge in [-0.05, 0) is 30.2 Å². The van der Waals surface area contributed by atoms with Crippen LogP contribution in [0.2, 0.25) is 0 Å². The van der Waals surface area contributed by atoms with Crippen LogP contribution in [0.15, 0.2) is 52.1 Å². The molecular formula is C20H25F3N4O3. The minimum absolute atomic E-state index is 0.0437. The molecule has 0 spiro atoms. The van der Waals surface area contributed by atoms with Gasteiger partial charge in [0.25, 0.3) is 0 Å². The average Bonchev–Trinajstić information content (AvgIpc) is 3.22. The number of nitrogens with zero attached hydrogens (tertiary/aromatic N) is 1. The minimum atomic E-state index is -4.33. The molecule has 0 saturated carbocycles. The molecule has 3 N–H and O–H groups in total. The van der Waals surface area contributed by atoms with Crippen LogP contribution >= 0.6 is 0 Å². The lowest BCUT2D eigenvalue weighted by molar-refractivity contribution is -0.176. The van der Waals surface area contributed by atoms with Crippen molar-refractivity contribution in [3.63, 3.8) is 0 Å². The second-order valence-electron chi connectivity index (χ2n) is 6.33. The zero-order valence-corrected chi connectivity index (χ0v) is 16.6.